The lowest BCUT2D eigenvalue weighted by molar-refractivity contribution is 0.318. The predicted octanol–water partition coefficient (Wildman–Crippen LogP) is 3.93. The van der Waals surface area contributed by atoms with Crippen molar-refractivity contribution in [1.82, 2.24) is 5.32 Å². The van der Waals surface area contributed by atoms with E-state index >= 15 is 0 Å². The lowest BCUT2D eigenvalue weighted by atomic mass is 9.88. The fourth-order valence-electron chi connectivity index (χ4n) is 1.45. The minimum Gasteiger partial charge on any atom is -0.311 e. The van der Waals surface area contributed by atoms with Crippen LogP contribution in [0.15, 0.2) is 15.9 Å². The van der Waals surface area contributed by atoms with Gasteiger partial charge in [0.15, 0.2) is 0 Å². The summed E-state index contributed by atoms with van der Waals surface area (Å²) in [6.07, 6.45) is 1.59. The van der Waals surface area contributed by atoms with Crippen molar-refractivity contribution in [3.63, 3.8) is 0 Å². The molecule has 0 unspecified atom stereocenters. The van der Waals surface area contributed by atoms with Crippen LogP contribution in [0.5, 0.6) is 0 Å². The second-order valence-corrected chi connectivity index (χ2v) is 7.18. The smallest absolute Gasteiger partial charge is 0.0701 e. The predicted molar refractivity (Wildman–Crippen MR) is 72.4 cm³/mol. The van der Waals surface area contributed by atoms with Crippen molar-refractivity contribution in [3.05, 3.63) is 20.8 Å². The Kier molecular flexibility index (Phi) is 5.47. The summed E-state index contributed by atoms with van der Waals surface area (Å²) in [4.78, 5) is 1.34. The van der Waals surface area contributed by atoms with Gasteiger partial charge in [-0.2, -0.15) is 5.26 Å². The number of nitriles is 1. The summed E-state index contributed by atoms with van der Waals surface area (Å²) < 4.78 is 1.17. The molecule has 0 fully saturated rings. The molecule has 0 saturated heterocycles. The Morgan fingerprint density at radius 1 is 1.50 bits per heavy atom. The normalized spacial score (nSPS) is 11.4. The maximum absolute atomic E-state index is 8.56. The van der Waals surface area contributed by atoms with Gasteiger partial charge in [0.05, 0.1) is 9.86 Å². The molecule has 0 bridgehead atoms. The van der Waals surface area contributed by atoms with Crippen LogP contribution in [-0.4, -0.2) is 6.54 Å². The highest BCUT2D eigenvalue weighted by atomic mass is 79.9. The topological polar surface area (TPSA) is 35.8 Å². The molecule has 0 aromatic carbocycles. The van der Waals surface area contributed by atoms with E-state index in [2.05, 4.69) is 53.3 Å². The Labute approximate surface area is 110 Å². The van der Waals surface area contributed by atoms with Crippen LogP contribution in [0.2, 0.25) is 0 Å². The van der Waals surface area contributed by atoms with Crippen molar-refractivity contribution < 1.29 is 0 Å². The number of halogens is 1. The molecule has 16 heavy (non-hydrogen) atoms. The van der Waals surface area contributed by atoms with Crippen molar-refractivity contribution in [1.29, 1.82) is 5.26 Å². The first-order chi connectivity index (χ1) is 7.53. The lowest BCUT2D eigenvalue weighted by Gasteiger charge is -2.23. The van der Waals surface area contributed by atoms with E-state index in [9.17, 15) is 0 Å². The minimum atomic E-state index is 0.199. The van der Waals surface area contributed by atoms with Crippen molar-refractivity contribution >= 4 is 27.3 Å². The highest BCUT2D eigenvalue weighted by molar-refractivity contribution is 9.11. The third kappa shape index (κ3) is 5.11. The number of nitrogens with one attached hydrogen (secondary N) is 1. The number of thiophene rings is 1. The van der Waals surface area contributed by atoms with Gasteiger partial charge in [-0.3, -0.25) is 0 Å². The average Bonchev–Trinajstić information content (AvgIpc) is 2.61. The van der Waals surface area contributed by atoms with Gasteiger partial charge in [-0.25, -0.2) is 0 Å². The number of hydrogen-bond acceptors (Lipinski definition) is 3. The van der Waals surface area contributed by atoms with E-state index in [4.69, 9.17) is 5.26 Å². The van der Waals surface area contributed by atoms with E-state index < -0.39 is 0 Å². The molecule has 1 aromatic rings. The van der Waals surface area contributed by atoms with E-state index in [1.807, 2.05) is 0 Å². The summed E-state index contributed by atoms with van der Waals surface area (Å²) in [5.74, 6) is 0. The first-order valence-corrected chi connectivity index (χ1v) is 6.96. The molecule has 0 aliphatic heterocycles. The first kappa shape index (κ1) is 13.7. The summed E-state index contributed by atoms with van der Waals surface area (Å²) in [5.41, 5.74) is 0.199. The fourth-order valence-corrected chi connectivity index (χ4v) is 2.91. The third-order valence-electron chi connectivity index (χ3n) is 2.45. The van der Waals surface area contributed by atoms with Gasteiger partial charge in [0.1, 0.15) is 0 Å². The second kappa shape index (κ2) is 6.39. The quantitative estimate of drug-likeness (QED) is 0.864. The largest absolute Gasteiger partial charge is 0.311 e. The van der Waals surface area contributed by atoms with Gasteiger partial charge in [-0.05, 0) is 39.9 Å². The molecule has 0 radical (unpaired) electrons. The zero-order chi connectivity index (χ0) is 12.0. The molecule has 0 aliphatic carbocycles. The van der Waals surface area contributed by atoms with Crippen molar-refractivity contribution in [2.24, 2.45) is 5.41 Å². The van der Waals surface area contributed by atoms with Crippen LogP contribution in [0.25, 0.3) is 0 Å². The maximum atomic E-state index is 8.56. The molecule has 88 valence electrons. The summed E-state index contributed by atoms with van der Waals surface area (Å²) in [5, 5.41) is 12.0. The van der Waals surface area contributed by atoms with Crippen LogP contribution in [0, 0.1) is 16.7 Å². The number of hydrogen-bond donors (Lipinski definition) is 1. The summed E-state index contributed by atoms with van der Waals surface area (Å²) >= 11 is 5.21. The summed E-state index contributed by atoms with van der Waals surface area (Å²) in [6.45, 7) is 6.25. The van der Waals surface area contributed by atoms with Crippen LogP contribution in [0.4, 0.5) is 0 Å². The van der Waals surface area contributed by atoms with Crippen LogP contribution >= 0.6 is 27.3 Å². The third-order valence-corrected chi connectivity index (χ3v) is 4.07. The van der Waals surface area contributed by atoms with Gasteiger partial charge in [0, 0.05) is 24.4 Å². The molecule has 2 nitrogen and oxygen atoms in total. The molecule has 1 heterocycles. The van der Waals surface area contributed by atoms with Gasteiger partial charge in [-0.15, -0.1) is 11.3 Å². The molecule has 1 rings (SSSR count). The van der Waals surface area contributed by atoms with Gasteiger partial charge < -0.3 is 5.32 Å². The number of nitrogens with zero attached hydrogens (tertiary/aromatic N) is 1. The zero-order valence-electron chi connectivity index (χ0n) is 9.72. The number of rotatable bonds is 6. The standard InChI is InChI=1S/C12H17BrN2S/c1-12(2,6-3-7-14)9-15-8-10-4-5-11(13)16-10/h4-5,15H,3,6,8-9H2,1-2H3. The molecule has 0 atom stereocenters. The van der Waals surface area contributed by atoms with Crippen molar-refractivity contribution in [3.8, 4) is 6.07 Å². The fraction of sp³-hybridized carbons (Fsp3) is 0.583. The molecule has 0 amide bonds. The van der Waals surface area contributed by atoms with E-state index in [-0.39, 0.29) is 5.41 Å². The molecule has 4 heteroatoms. The molecular formula is C12H17BrN2S. The van der Waals surface area contributed by atoms with E-state index in [0.717, 1.165) is 19.5 Å². The minimum absolute atomic E-state index is 0.199. The molecular weight excluding hydrogens is 284 g/mol. The average molecular weight is 301 g/mol. The Balaban J connectivity index is 2.27. The van der Waals surface area contributed by atoms with Gasteiger partial charge in [0.2, 0.25) is 0 Å². The van der Waals surface area contributed by atoms with Crippen molar-refractivity contribution in [2.75, 3.05) is 6.54 Å². The van der Waals surface area contributed by atoms with E-state index in [1.54, 1.807) is 11.3 Å². The van der Waals surface area contributed by atoms with E-state index in [0.29, 0.717) is 6.42 Å². The molecule has 1 N–H and O–H groups in total. The second-order valence-electron chi connectivity index (χ2n) is 4.63. The van der Waals surface area contributed by atoms with Gasteiger partial charge in [0.25, 0.3) is 0 Å². The highest BCUT2D eigenvalue weighted by Crippen LogP contribution is 2.23. The van der Waals surface area contributed by atoms with Crippen molar-refractivity contribution in [2.45, 2.75) is 33.2 Å². The Bertz CT molecular complexity index is 365. The summed E-state index contributed by atoms with van der Waals surface area (Å²) in [6, 6.07) is 6.40. The Hall–Kier alpha value is -0.370. The van der Waals surface area contributed by atoms with Crippen LogP contribution in [0.3, 0.4) is 0 Å². The highest BCUT2D eigenvalue weighted by Gasteiger charge is 2.16. The SMILES string of the molecule is CC(C)(CCC#N)CNCc1ccc(Br)s1. The monoisotopic (exact) mass is 300 g/mol. The van der Waals surface area contributed by atoms with Crippen LogP contribution < -0.4 is 5.32 Å². The van der Waals surface area contributed by atoms with Crippen LogP contribution in [-0.2, 0) is 6.54 Å². The van der Waals surface area contributed by atoms with Crippen LogP contribution in [0.1, 0.15) is 31.6 Å². The molecule has 0 spiro atoms. The van der Waals surface area contributed by atoms with Gasteiger partial charge >= 0.3 is 0 Å². The van der Waals surface area contributed by atoms with Gasteiger partial charge in [-0.1, -0.05) is 13.8 Å². The first-order valence-electron chi connectivity index (χ1n) is 5.35. The molecule has 0 aliphatic rings. The molecule has 0 saturated carbocycles. The Morgan fingerprint density at radius 3 is 2.81 bits per heavy atom. The molecule has 1 aromatic heterocycles. The summed E-state index contributed by atoms with van der Waals surface area (Å²) in [7, 11) is 0. The Morgan fingerprint density at radius 2 is 2.25 bits per heavy atom. The van der Waals surface area contributed by atoms with E-state index in [1.165, 1.54) is 8.66 Å². The lowest BCUT2D eigenvalue weighted by Crippen LogP contribution is -2.28. The maximum Gasteiger partial charge on any atom is 0.0701 e. The zero-order valence-corrected chi connectivity index (χ0v) is 12.1.